The minimum atomic E-state index is -0.591. The second-order valence-electron chi connectivity index (χ2n) is 3.29. The molecule has 0 fully saturated rings. The molecule has 1 aromatic carbocycles. The van der Waals surface area contributed by atoms with Crippen LogP contribution in [-0.2, 0) is 0 Å². The number of hydrogen-bond acceptors (Lipinski definition) is 3. The number of amides is 1. The van der Waals surface area contributed by atoms with Crippen molar-refractivity contribution in [2.45, 2.75) is 6.42 Å². The van der Waals surface area contributed by atoms with Crippen LogP contribution < -0.4 is 5.32 Å². The minimum absolute atomic E-state index is 0.160. The fraction of sp³-hybridized carbons (Fsp3) is 0.182. The van der Waals surface area contributed by atoms with Crippen molar-refractivity contribution in [1.82, 2.24) is 5.32 Å². The second kappa shape index (κ2) is 6.00. The van der Waals surface area contributed by atoms with E-state index >= 15 is 0 Å². The maximum absolute atomic E-state index is 11.6. The van der Waals surface area contributed by atoms with Crippen molar-refractivity contribution < 1.29 is 9.72 Å². The molecule has 0 atom stereocenters. The monoisotopic (exact) mass is 254 g/mol. The normalized spacial score (nSPS) is 9.71. The number of halogens is 1. The molecule has 0 aromatic heterocycles. The summed E-state index contributed by atoms with van der Waals surface area (Å²) < 4.78 is 0. The Bertz CT molecular complexity index is 460. The number of hydrogen-bond donors (Lipinski definition) is 1. The number of non-ortho nitro benzene ring substituents is 1. The van der Waals surface area contributed by atoms with E-state index in [4.69, 9.17) is 11.6 Å². The predicted molar refractivity (Wildman–Crippen MR) is 65.3 cm³/mol. The van der Waals surface area contributed by atoms with Gasteiger partial charge in [0.25, 0.3) is 11.6 Å². The number of carbonyl (C=O) groups is 1. The lowest BCUT2D eigenvalue weighted by molar-refractivity contribution is -0.384. The fourth-order valence-corrected chi connectivity index (χ4v) is 1.43. The molecule has 90 valence electrons. The van der Waals surface area contributed by atoms with Gasteiger partial charge in [0, 0.05) is 29.3 Å². The maximum Gasteiger partial charge on any atom is 0.271 e. The molecule has 0 saturated carbocycles. The average Bonchev–Trinajstić information content (AvgIpc) is 2.28. The molecule has 1 aromatic rings. The molecule has 1 amide bonds. The van der Waals surface area contributed by atoms with Crippen molar-refractivity contribution in [3.63, 3.8) is 0 Å². The summed E-state index contributed by atoms with van der Waals surface area (Å²) in [7, 11) is 0. The van der Waals surface area contributed by atoms with Crippen molar-refractivity contribution in [3.05, 3.63) is 51.6 Å². The minimum Gasteiger partial charge on any atom is -0.352 e. The van der Waals surface area contributed by atoms with E-state index in [0.717, 1.165) is 0 Å². The third-order valence-electron chi connectivity index (χ3n) is 1.99. The number of nitro benzene ring substituents is 1. The highest BCUT2D eigenvalue weighted by Crippen LogP contribution is 2.20. The van der Waals surface area contributed by atoms with Gasteiger partial charge in [0.1, 0.15) is 0 Å². The van der Waals surface area contributed by atoms with Gasteiger partial charge >= 0.3 is 0 Å². The smallest absolute Gasteiger partial charge is 0.271 e. The Balaban J connectivity index is 2.86. The highest BCUT2D eigenvalue weighted by Gasteiger charge is 2.13. The highest BCUT2D eigenvalue weighted by atomic mass is 35.5. The average molecular weight is 255 g/mol. The lowest BCUT2D eigenvalue weighted by atomic mass is 10.2. The third kappa shape index (κ3) is 3.88. The van der Waals surface area contributed by atoms with Crippen LogP contribution >= 0.6 is 11.6 Å². The lowest BCUT2D eigenvalue weighted by Crippen LogP contribution is -2.24. The first-order valence-electron chi connectivity index (χ1n) is 4.88. The van der Waals surface area contributed by atoms with Crippen LogP contribution in [-0.4, -0.2) is 17.4 Å². The fourth-order valence-electron chi connectivity index (χ4n) is 1.20. The summed E-state index contributed by atoms with van der Waals surface area (Å²) in [5, 5.41) is 13.4. The molecule has 0 spiro atoms. The van der Waals surface area contributed by atoms with E-state index in [0.29, 0.717) is 13.0 Å². The number of nitrogens with one attached hydrogen (secondary N) is 1. The van der Waals surface area contributed by atoms with E-state index in [-0.39, 0.29) is 16.3 Å². The van der Waals surface area contributed by atoms with Crippen LogP contribution in [0.3, 0.4) is 0 Å². The summed E-state index contributed by atoms with van der Waals surface area (Å²) in [5.41, 5.74) is -0.0281. The Labute approximate surface area is 103 Å². The zero-order valence-electron chi connectivity index (χ0n) is 8.98. The SMILES string of the molecule is C=CCCNC(=O)c1cc(Cl)cc([N+](=O)[O-])c1. The molecule has 0 radical (unpaired) electrons. The molecule has 0 saturated heterocycles. The highest BCUT2D eigenvalue weighted by molar-refractivity contribution is 6.31. The van der Waals surface area contributed by atoms with Crippen molar-refractivity contribution in [2.24, 2.45) is 0 Å². The largest absolute Gasteiger partial charge is 0.352 e. The van der Waals surface area contributed by atoms with Gasteiger partial charge in [-0.05, 0) is 12.5 Å². The molecule has 1 N–H and O–H groups in total. The van der Waals surface area contributed by atoms with Crippen LogP contribution in [0.1, 0.15) is 16.8 Å². The Kier molecular flexibility index (Phi) is 4.66. The van der Waals surface area contributed by atoms with Gasteiger partial charge in [-0.2, -0.15) is 0 Å². The van der Waals surface area contributed by atoms with Crippen LogP contribution in [0.2, 0.25) is 5.02 Å². The molecule has 1 rings (SSSR count). The van der Waals surface area contributed by atoms with Crippen LogP contribution in [0.15, 0.2) is 30.9 Å². The van der Waals surface area contributed by atoms with E-state index in [2.05, 4.69) is 11.9 Å². The van der Waals surface area contributed by atoms with E-state index < -0.39 is 10.8 Å². The molecule has 17 heavy (non-hydrogen) atoms. The van der Waals surface area contributed by atoms with E-state index in [9.17, 15) is 14.9 Å². The summed E-state index contributed by atoms with van der Waals surface area (Å²) in [6.45, 7) is 3.95. The standard InChI is InChI=1S/C11H11ClN2O3/c1-2-3-4-13-11(15)8-5-9(12)7-10(6-8)14(16)17/h2,5-7H,1,3-4H2,(H,13,15). The van der Waals surface area contributed by atoms with Crippen LogP contribution in [0, 0.1) is 10.1 Å². The predicted octanol–water partition coefficient (Wildman–Crippen LogP) is 2.55. The molecule has 0 aliphatic heterocycles. The van der Waals surface area contributed by atoms with Gasteiger partial charge in [-0.25, -0.2) is 0 Å². The van der Waals surface area contributed by atoms with Gasteiger partial charge in [0.15, 0.2) is 0 Å². The molecule has 6 heteroatoms. The maximum atomic E-state index is 11.6. The summed E-state index contributed by atoms with van der Waals surface area (Å²) in [5.74, 6) is -0.391. The van der Waals surface area contributed by atoms with E-state index in [1.54, 1.807) is 6.08 Å². The van der Waals surface area contributed by atoms with Crippen LogP contribution in [0.5, 0.6) is 0 Å². The number of carbonyl (C=O) groups excluding carboxylic acids is 1. The molecule has 0 heterocycles. The molecular formula is C11H11ClN2O3. The zero-order chi connectivity index (χ0) is 12.8. The van der Waals surface area contributed by atoms with Crippen molar-refractivity contribution in [1.29, 1.82) is 0 Å². The third-order valence-corrected chi connectivity index (χ3v) is 2.21. The quantitative estimate of drug-likeness (QED) is 0.380. The molecular weight excluding hydrogens is 244 g/mol. The topological polar surface area (TPSA) is 72.2 Å². The molecule has 0 aliphatic carbocycles. The Morgan fingerprint density at radius 1 is 1.53 bits per heavy atom. The first-order chi connectivity index (χ1) is 8.04. The summed E-state index contributed by atoms with van der Waals surface area (Å²) in [4.78, 5) is 21.6. The number of nitro groups is 1. The Morgan fingerprint density at radius 3 is 2.82 bits per heavy atom. The number of rotatable bonds is 5. The van der Waals surface area contributed by atoms with Crippen LogP contribution in [0.4, 0.5) is 5.69 Å². The Morgan fingerprint density at radius 2 is 2.24 bits per heavy atom. The zero-order valence-corrected chi connectivity index (χ0v) is 9.74. The molecule has 5 nitrogen and oxygen atoms in total. The number of benzene rings is 1. The summed E-state index contributed by atoms with van der Waals surface area (Å²) >= 11 is 5.70. The first-order valence-corrected chi connectivity index (χ1v) is 5.26. The van der Waals surface area contributed by atoms with Crippen LogP contribution in [0.25, 0.3) is 0 Å². The van der Waals surface area contributed by atoms with Crippen molar-refractivity contribution in [3.8, 4) is 0 Å². The van der Waals surface area contributed by atoms with Gasteiger partial charge in [0.2, 0.25) is 0 Å². The van der Waals surface area contributed by atoms with E-state index in [1.807, 2.05) is 0 Å². The van der Waals surface area contributed by atoms with Gasteiger partial charge < -0.3 is 5.32 Å². The first kappa shape index (κ1) is 13.2. The van der Waals surface area contributed by atoms with Crippen molar-refractivity contribution >= 4 is 23.2 Å². The van der Waals surface area contributed by atoms with Gasteiger partial charge in [0.05, 0.1) is 4.92 Å². The molecule has 0 bridgehead atoms. The Hall–Kier alpha value is -1.88. The summed E-state index contributed by atoms with van der Waals surface area (Å²) in [6.07, 6.45) is 2.30. The van der Waals surface area contributed by atoms with Gasteiger partial charge in [-0.1, -0.05) is 17.7 Å². The summed E-state index contributed by atoms with van der Waals surface area (Å²) in [6, 6.07) is 3.77. The van der Waals surface area contributed by atoms with E-state index in [1.165, 1.54) is 18.2 Å². The van der Waals surface area contributed by atoms with Gasteiger partial charge in [-0.15, -0.1) is 6.58 Å². The lowest BCUT2D eigenvalue weighted by Gasteiger charge is -2.04. The number of nitrogens with zero attached hydrogens (tertiary/aromatic N) is 1. The molecule has 0 aliphatic rings. The van der Waals surface area contributed by atoms with Crippen molar-refractivity contribution in [2.75, 3.05) is 6.54 Å². The second-order valence-corrected chi connectivity index (χ2v) is 3.72. The molecule has 0 unspecified atom stereocenters. The van der Waals surface area contributed by atoms with Gasteiger partial charge in [-0.3, -0.25) is 14.9 Å².